The van der Waals surface area contributed by atoms with Gasteiger partial charge in [-0.05, 0) is 35.7 Å². The van der Waals surface area contributed by atoms with Crippen molar-refractivity contribution >= 4 is 10.9 Å². The Bertz CT molecular complexity index is 1230. The summed E-state index contributed by atoms with van der Waals surface area (Å²) in [5.41, 5.74) is 5.26. The number of fused-ring (bicyclic) bond motifs is 3. The van der Waals surface area contributed by atoms with Crippen molar-refractivity contribution in [3.63, 3.8) is 0 Å². The van der Waals surface area contributed by atoms with Crippen LogP contribution in [-0.2, 0) is 19.6 Å². The molecule has 2 aromatic heterocycles. The van der Waals surface area contributed by atoms with Gasteiger partial charge in [0.15, 0.2) is 0 Å². The van der Waals surface area contributed by atoms with E-state index in [9.17, 15) is 4.79 Å². The Labute approximate surface area is 168 Å². The molecule has 0 amide bonds. The molecule has 0 saturated carbocycles. The SMILES string of the molecule is NN1CCc2c([nH]c3cc(-n4ccc(OCc5ccccc5)cc4=O)ccc23)C1. The zero-order chi connectivity index (χ0) is 19.8. The molecular weight excluding hydrogens is 364 g/mol. The maximum absolute atomic E-state index is 12.7. The minimum absolute atomic E-state index is 0.126. The quantitative estimate of drug-likeness (QED) is 0.529. The summed E-state index contributed by atoms with van der Waals surface area (Å²) in [6.07, 6.45) is 2.69. The highest BCUT2D eigenvalue weighted by atomic mass is 16.5. The third-order valence-corrected chi connectivity index (χ3v) is 5.41. The highest BCUT2D eigenvalue weighted by molar-refractivity contribution is 5.86. The first-order valence-electron chi connectivity index (χ1n) is 9.70. The Morgan fingerprint density at radius 2 is 1.93 bits per heavy atom. The molecule has 0 atom stereocenters. The first-order valence-corrected chi connectivity index (χ1v) is 9.70. The van der Waals surface area contributed by atoms with E-state index in [2.05, 4.69) is 11.1 Å². The standard InChI is InChI=1S/C23H22N4O2/c24-26-10-9-20-19-7-6-17(12-21(19)25-22(20)14-26)27-11-8-18(13-23(27)28)29-15-16-4-2-1-3-5-16/h1-8,11-13,25H,9-10,14-15,24H2. The Balaban J connectivity index is 1.41. The number of nitrogens with one attached hydrogen (secondary N) is 1. The van der Waals surface area contributed by atoms with Crippen LogP contribution < -0.4 is 16.1 Å². The predicted molar refractivity (Wildman–Crippen MR) is 113 cm³/mol. The number of aromatic amines is 1. The van der Waals surface area contributed by atoms with Crippen LogP contribution in [0.3, 0.4) is 0 Å². The van der Waals surface area contributed by atoms with Gasteiger partial charge in [0.05, 0.1) is 12.2 Å². The van der Waals surface area contributed by atoms with E-state index >= 15 is 0 Å². The fourth-order valence-electron chi connectivity index (χ4n) is 3.91. The minimum Gasteiger partial charge on any atom is -0.489 e. The fraction of sp³-hybridized carbons (Fsp3) is 0.174. The van der Waals surface area contributed by atoms with Crippen LogP contribution in [0.5, 0.6) is 5.75 Å². The van der Waals surface area contributed by atoms with E-state index in [1.165, 1.54) is 17.0 Å². The van der Waals surface area contributed by atoms with Gasteiger partial charge in [-0.15, -0.1) is 0 Å². The van der Waals surface area contributed by atoms with Crippen molar-refractivity contribution < 1.29 is 4.74 Å². The lowest BCUT2D eigenvalue weighted by molar-refractivity contribution is 0.260. The Kier molecular flexibility index (Phi) is 4.42. The van der Waals surface area contributed by atoms with E-state index < -0.39 is 0 Å². The lowest BCUT2D eigenvalue weighted by Crippen LogP contribution is -2.35. The molecule has 0 bridgehead atoms. The molecule has 0 aliphatic carbocycles. The van der Waals surface area contributed by atoms with Gasteiger partial charge in [0.2, 0.25) is 0 Å². The summed E-state index contributed by atoms with van der Waals surface area (Å²) in [5.74, 6) is 6.51. The van der Waals surface area contributed by atoms with Crippen molar-refractivity contribution in [2.24, 2.45) is 5.84 Å². The third-order valence-electron chi connectivity index (χ3n) is 5.41. The van der Waals surface area contributed by atoms with Crippen molar-refractivity contribution in [1.29, 1.82) is 0 Å². The molecule has 6 heteroatoms. The summed E-state index contributed by atoms with van der Waals surface area (Å²) >= 11 is 0. The number of rotatable bonds is 4. The van der Waals surface area contributed by atoms with Gasteiger partial charge in [0, 0.05) is 35.4 Å². The van der Waals surface area contributed by atoms with Crippen molar-refractivity contribution in [1.82, 2.24) is 14.6 Å². The lowest BCUT2D eigenvalue weighted by Gasteiger charge is -2.21. The van der Waals surface area contributed by atoms with Crippen molar-refractivity contribution in [2.75, 3.05) is 6.54 Å². The smallest absolute Gasteiger partial charge is 0.258 e. The van der Waals surface area contributed by atoms with Gasteiger partial charge in [0.1, 0.15) is 12.4 Å². The summed E-state index contributed by atoms with van der Waals surface area (Å²) in [5, 5.41) is 3.02. The number of nitrogens with zero attached hydrogens (tertiary/aromatic N) is 2. The highest BCUT2D eigenvalue weighted by Crippen LogP contribution is 2.28. The number of aromatic nitrogens is 2. The molecule has 3 N–H and O–H groups in total. The Morgan fingerprint density at radius 1 is 1.07 bits per heavy atom. The number of ether oxygens (including phenoxy) is 1. The summed E-state index contributed by atoms with van der Waals surface area (Å²) in [6.45, 7) is 2.00. The molecule has 146 valence electrons. The average molecular weight is 386 g/mol. The van der Waals surface area contributed by atoms with Crippen LogP contribution in [0.4, 0.5) is 0 Å². The zero-order valence-electron chi connectivity index (χ0n) is 16.0. The molecule has 0 saturated heterocycles. The maximum atomic E-state index is 12.7. The second-order valence-corrected chi connectivity index (χ2v) is 7.38. The number of H-pyrrole nitrogens is 1. The number of pyridine rings is 1. The van der Waals surface area contributed by atoms with E-state index in [0.717, 1.165) is 35.4 Å². The largest absolute Gasteiger partial charge is 0.489 e. The van der Waals surface area contributed by atoms with Crippen LogP contribution in [0.25, 0.3) is 16.6 Å². The Morgan fingerprint density at radius 3 is 2.76 bits per heavy atom. The van der Waals surface area contributed by atoms with E-state index in [1.54, 1.807) is 10.8 Å². The van der Waals surface area contributed by atoms with Crippen molar-refractivity contribution in [3.8, 4) is 11.4 Å². The first kappa shape index (κ1) is 17.7. The third kappa shape index (κ3) is 3.44. The summed E-state index contributed by atoms with van der Waals surface area (Å²) in [7, 11) is 0. The molecule has 5 rings (SSSR count). The molecule has 3 heterocycles. The molecule has 1 aliphatic rings. The van der Waals surface area contributed by atoms with Crippen LogP contribution in [-0.4, -0.2) is 21.1 Å². The monoisotopic (exact) mass is 386 g/mol. The number of hydrazine groups is 1. The zero-order valence-corrected chi connectivity index (χ0v) is 16.0. The van der Waals surface area contributed by atoms with Crippen molar-refractivity contribution in [3.05, 3.63) is 94.0 Å². The first-order chi connectivity index (χ1) is 14.2. The van der Waals surface area contributed by atoms with Gasteiger partial charge in [-0.2, -0.15) is 0 Å². The second kappa shape index (κ2) is 7.24. The van der Waals surface area contributed by atoms with E-state index in [4.69, 9.17) is 10.6 Å². The Hall–Kier alpha value is -3.35. The van der Waals surface area contributed by atoms with Crippen LogP contribution in [0, 0.1) is 0 Å². The number of hydrogen-bond acceptors (Lipinski definition) is 4. The van der Waals surface area contributed by atoms with Gasteiger partial charge >= 0.3 is 0 Å². The molecule has 0 spiro atoms. The molecule has 0 unspecified atom stereocenters. The van der Waals surface area contributed by atoms with Crippen LogP contribution in [0.15, 0.2) is 71.7 Å². The second-order valence-electron chi connectivity index (χ2n) is 7.38. The molecule has 6 nitrogen and oxygen atoms in total. The van der Waals surface area contributed by atoms with Gasteiger partial charge in [-0.3, -0.25) is 15.2 Å². The average Bonchev–Trinajstić information content (AvgIpc) is 3.09. The van der Waals surface area contributed by atoms with Crippen LogP contribution in [0.1, 0.15) is 16.8 Å². The van der Waals surface area contributed by atoms with Gasteiger partial charge in [-0.1, -0.05) is 36.4 Å². The minimum atomic E-state index is -0.126. The molecule has 0 fully saturated rings. The van der Waals surface area contributed by atoms with Gasteiger partial charge in [0.25, 0.3) is 5.56 Å². The van der Waals surface area contributed by atoms with E-state index in [1.807, 2.05) is 53.5 Å². The molecule has 4 aromatic rings. The number of nitrogens with two attached hydrogens (primary N) is 1. The maximum Gasteiger partial charge on any atom is 0.258 e. The molecule has 29 heavy (non-hydrogen) atoms. The molecular formula is C23H22N4O2. The predicted octanol–water partition coefficient (Wildman–Crippen LogP) is 3.13. The summed E-state index contributed by atoms with van der Waals surface area (Å²) in [4.78, 5) is 16.1. The van der Waals surface area contributed by atoms with Crippen LogP contribution >= 0.6 is 0 Å². The highest BCUT2D eigenvalue weighted by Gasteiger charge is 2.18. The van der Waals surface area contributed by atoms with E-state index in [0.29, 0.717) is 18.9 Å². The summed E-state index contributed by atoms with van der Waals surface area (Å²) < 4.78 is 7.39. The van der Waals surface area contributed by atoms with Gasteiger partial charge < -0.3 is 9.72 Å². The normalized spacial score (nSPS) is 14.1. The topological polar surface area (TPSA) is 76.3 Å². The summed E-state index contributed by atoms with van der Waals surface area (Å²) in [6, 6.07) is 19.3. The fourth-order valence-corrected chi connectivity index (χ4v) is 3.91. The molecule has 0 radical (unpaired) electrons. The molecule has 1 aliphatic heterocycles. The van der Waals surface area contributed by atoms with Gasteiger partial charge in [-0.25, -0.2) is 5.01 Å². The van der Waals surface area contributed by atoms with Crippen LogP contribution in [0.2, 0.25) is 0 Å². The number of benzene rings is 2. The number of hydrogen-bond donors (Lipinski definition) is 2. The molecule has 2 aromatic carbocycles. The lowest BCUT2D eigenvalue weighted by atomic mass is 10.0. The van der Waals surface area contributed by atoms with E-state index in [-0.39, 0.29) is 5.56 Å². The van der Waals surface area contributed by atoms with Crippen molar-refractivity contribution in [2.45, 2.75) is 19.6 Å².